The molecule has 0 radical (unpaired) electrons. The lowest BCUT2D eigenvalue weighted by Gasteiger charge is -2.39. The van der Waals surface area contributed by atoms with Crippen LogP contribution in [0, 0.1) is 17.8 Å². The van der Waals surface area contributed by atoms with Crippen LogP contribution in [0.2, 0.25) is 0 Å². The van der Waals surface area contributed by atoms with E-state index in [4.69, 9.17) is 5.73 Å². The Morgan fingerprint density at radius 3 is 2.60 bits per heavy atom. The Hall–Kier alpha value is -0.280. The average Bonchev–Trinajstić information content (AvgIpc) is 2.86. The van der Waals surface area contributed by atoms with Gasteiger partial charge in [-0.05, 0) is 56.9 Å². The molecule has 1 amide bonds. The lowest BCUT2D eigenvalue weighted by atomic mass is 9.89. The first-order valence-electron chi connectivity index (χ1n) is 8.14. The number of halogens is 1. The Bertz CT molecular complexity index is 309. The van der Waals surface area contributed by atoms with Gasteiger partial charge >= 0.3 is 0 Å². The predicted octanol–water partition coefficient (Wildman–Crippen LogP) is 3.21. The van der Waals surface area contributed by atoms with Gasteiger partial charge in [0.25, 0.3) is 0 Å². The molecule has 2 rings (SSSR count). The molecule has 4 heteroatoms. The molecule has 3 atom stereocenters. The van der Waals surface area contributed by atoms with Crippen molar-refractivity contribution in [1.82, 2.24) is 4.90 Å². The molecule has 1 aliphatic heterocycles. The molecule has 0 spiro atoms. The van der Waals surface area contributed by atoms with Crippen molar-refractivity contribution in [3.63, 3.8) is 0 Å². The lowest BCUT2D eigenvalue weighted by Crippen LogP contribution is -2.48. The molecule has 0 aromatic carbocycles. The first-order valence-corrected chi connectivity index (χ1v) is 8.14. The summed E-state index contributed by atoms with van der Waals surface area (Å²) in [6.45, 7) is 6.17. The van der Waals surface area contributed by atoms with E-state index in [0.717, 1.165) is 25.8 Å². The summed E-state index contributed by atoms with van der Waals surface area (Å²) in [5, 5.41) is 0. The maximum absolute atomic E-state index is 12.8. The van der Waals surface area contributed by atoms with Gasteiger partial charge in [0.05, 0.1) is 0 Å². The third-order valence-corrected chi connectivity index (χ3v) is 4.93. The highest BCUT2D eigenvalue weighted by atomic mass is 35.5. The fraction of sp³-hybridized carbons (Fsp3) is 0.938. The van der Waals surface area contributed by atoms with Crippen LogP contribution in [0.5, 0.6) is 0 Å². The van der Waals surface area contributed by atoms with Crippen molar-refractivity contribution in [2.24, 2.45) is 23.5 Å². The first-order chi connectivity index (χ1) is 9.13. The largest absolute Gasteiger partial charge is 0.339 e. The fourth-order valence-electron chi connectivity index (χ4n) is 3.94. The van der Waals surface area contributed by atoms with Crippen LogP contribution in [0.25, 0.3) is 0 Å². The summed E-state index contributed by atoms with van der Waals surface area (Å²) in [6.07, 6.45) is 8.21. The van der Waals surface area contributed by atoms with E-state index >= 15 is 0 Å². The van der Waals surface area contributed by atoms with E-state index in [2.05, 4.69) is 18.7 Å². The van der Waals surface area contributed by atoms with Crippen molar-refractivity contribution in [2.45, 2.75) is 64.8 Å². The molecule has 3 nitrogen and oxygen atoms in total. The molecule has 0 aromatic heterocycles. The molecule has 118 valence electrons. The number of amides is 1. The summed E-state index contributed by atoms with van der Waals surface area (Å²) in [5.74, 6) is 1.75. The van der Waals surface area contributed by atoms with Crippen LogP contribution in [-0.2, 0) is 4.79 Å². The summed E-state index contributed by atoms with van der Waals surface area (Å²) in [5.41, 5.74) is 5.84. The Kier molecular flexibility index (Phi) is 7.32. The first kappa shape index (κ1) is 17.8. The maximum Gasteiger partial charge on any atom is 0.226 e. The lowest BCUT2D eigenvalue weighted by molar-refractivity contribution is -0.140. The highest BCUT2D eigenvalue weighted by Crippen LogP contribution is 2.34. The Morgan fingerprint density at radius 1 is 1.20 bits per heavy atom. The second-order valence-electron chi connectivity index (χ2n) is 6.84. The monoisotopic (exact) mass is 302 g/mol. The predicted molar refractivity (Wildman–Crippen MR) is 85.9 cm³/mol. The molecule has 2 N–H and O–H groups in total. The van der Waals surface area contributed by atoms with E-state index < -0.39 is 0 Å². The minimum Gasteiger partial charge on any atom is -0.339 e. The number of nitrogens with zero attached hydrogens (tertiary/aromatic N) is 1. The van der Waals surface area contributed by atoms with Crippen LogP contribution in [-0.4, -0.2) is 29.9 Å². The molecule has 0 aromatic rings. The highest BCUT2D eigenvalue weighted by molar-refractivity contribution is 5.85. The number of carbonyl (C=O) groups excluding carboxylic acids is 1. The Balaban J connectivity index is 0.00000200. The molecule has 20 heavy (non-hydrogen) atoms. The molecule has 1 unspecified atom stereocenters. The summed E-state index contributed by atoms with van der Waals surface area (Å²) in [6, 6.07) is 0.486. The van der Waals surface area contributed by atoms with Crippen LogP contribution >= 0.6 is 12.4 Å². The van der Waals surface area contributed by atoms with Crippen molar-refractivity contribution in [3.05, 3.63) is 0 Å². The standard InChI is InChI=1S/C16H30N2O.ClH/c1-12(2)10-14-7-3-4-9-18(14)16(19)15-8-5-6-13(15)11-17;/h12-15H,3-11,17H2,1-2H3;1H/t13-,14?,15-;/m1./s1. The van der Waals surface area contributed by atoms with Crippen LogP contribution in [0.4, 0.5) is 0 Å². The molecular weight excluding hydrogens is 272 g/mol. The minimum atomic E-state index is 0. The Morgan fingerprint density at radius 2 is 1.95 bits per heavy atom. The van der Waals surface area contributed by atoms with Gasteiger partial charge in [-0.2, -0.15) is 0 Å². The smallest absolute Gasteiger partial charge is 0.226 e. The van der Waals surface area contributed by atoms with Crippen LogP contribution in [0.3, 0.4) is 0 Å². The van der Waals surface area contributed by atoms with Crippen molar-refractivity contribution >= 4 is 18.3 Å². The minimum absolute atomic E-state index is 0. The topological polar surface area (TPSA) is 46.3 Å². The van der Waals surface area contributed by atoms with Crippen LogP contribution in [0.15, 0.2) is 0 Å². The highest BCUT2D eigenvalue weighted by Gasteiger charge is 2.37. The molecule has 1 aliphatic carbocycles. The van der Waals surface area contributed by atoms with Gasteiger partial charge in [-0.3, -0.25) is 4.79 Å². The summed E-state index contributed by atoms with van der Waals surface area (Å²) < 4.78 is 0. The number of hydrogen-bond donors (Lipinski definition) is 1. The van der Waals surface area contributed by atoms with Crippen molar-refractivity contribution in [1.29, 1.82) is 0 Å². The van der Waals surface area contributed by atoms with Gasteiger partial charge < -0.3 is 10.6 Å². The van der Waals surface area contributed by atoms with Gasteiger partial charge in [0, 0.05) is 18.5 Å². The number of rotatable bonds is 4. The quantitative estimate of drug-likeness (QED) is 0.867. The second-order valence-corrected chi connectivity index (χ2v) is 6.84. The fourth-order valence-corrected chi connectivity index (χ4v) is 3.94. The summed E-state index contributed by atoms with van der Waals surface area (Å²) in [4.78, 5) is 15.0. The van der Waals surface area contributed by atoms with E-state index in [1.165, 1.54) is 25.7 Å². The molecule has 1 saturated carbocycles. The number of piperidine rings is 1. The van der Waals surface area contributed by atoms with E-state index in [0.29, 0.717) is 30.3 Å². The normalized spacial score (nSPS) is 30.4. The van der Waals surface area contributed by atoms with E-state index in [1.54, 1.807) is 0 Å². The molecule has 2 aliphatic rings. The van der Waals surface area contributed by atoms with Crippen molar-refractivity contribution in [2.75, 3.05) is 13.1 Å². The van der Waals surface area contributed by atoms with Crippen molar-refractivity contribution in [3.8, 4) is 0 Å². The van der Waals surface area contributed by atoms with Gasteiger partial charge in [0.2, 0.25) is 5.91 Å². The van der Waals surface area contributed by atoms with E-state index in [1.807, 2.05) is 0 Å². The number of nitrogens with two attached hydrogens (primary N) is 1. The van der Waals surface area contributed by atoms with Gasteiger partial charge in [-0.15, -0.1) is 12.4 Å². The summed E-state index contributed by atoms with van der Waals surface area (Å²) in [7, 11) is 0. The van der Waals surface area contributed by atoms with Crippen molar-refractivity contribution < 1.29 is 4.79 Å². The van der Waals surface area contributed by atoms with Gasteiger partial charge in [0.15, 0.2) is 0 Å². The Labute approximate surface area is 130 Å². The van der Waals surface area contributed by atoms with Gasteiger partial charge in [-0.25, -0.2) is 0 Å². The van der Waals surface area contributed by atoms with Crippen LogP contribution in [0.1, 0.15) is 58.8 Å². The number of hydrogen-bond acceptors (Lipinski definition) is 2. The third kappa shape index (κ3) is 4.11. The summed E-state index contributed by atoms with van der Waals surface area (Å²) >= 11 is 0. The molecular formula is C16H31ClN2O. The maximum atomic E-state index is 12.8. The zero-order valence-corrected chi connectivity index (χ0v) is 13.8. The van der Waals surface area contributed by atoms with Crippen LogP contribution < -0.4 is 5.73 Å². The third-order valence-electron chi connectivity index (χ3n) is 4.93. The van der Waals surface area contributed by atoms with E-state index in [9.17, 15) is 4.79 Å². The average molecular weight is 303 g/mol. The molecule has 1 saturated heterocycles. The van der Waals surface area contributed by atoms with E-state index in [-0.39, 0.29) is 18.3 Å². The molecule has 0 bridgehead atoms. The SMILES string of the molecule is CC(C)CC1CCCCN1C(=O)[C@@H]1CCC[C@@H]1CN.Cl. The zero-order valence-electron chi connectivity index (χ0n) is 13.0. The molecule has 1 heterocycles. The number of carbonyl (C=O) groups is 1. The second kappa shape index (κ2) is 8.23. The number of likely N-dealkylation sites (tertiary alicyclic amines) is 1. The van der Waals surface area contributed by atoms with Gasteiger partial charge in [-0.1, -0.05) is 20.3 Å². The molecule has 2 fully saturated rings. The van der Waals surface area contributed by atoms with Gasteiger partial charge in [0.1, 0.15) is 0 Å². The zero-order chi connectivity index (χ0) is 13.8.